The lowest BCUT2D eigenvalue weighted by atomic mass is 10.2. The first-order valence-electron chi connectivity index (χ1n) is 8.59. The van der Waals surface area contributed by atoms with Crippen LogP contribution in [0.25, 0.3) is 11.0 Å². The molecule has 0 bridgehead atoms. The summed E-state index contributed by atoms with van der Waals surface area (Å²) in [6.45, 7) is 1.69. The van der Waals surface area contributed by atoms with Crippen molar-refractivity contribution in [3.05, 3.63) is 47.5 Å². The second-order valence-electron chi connectivity index (χ2n) is 6.49. The zero-order valence-corrected chi connectivity index (χ0v) is 17.1. The van der Waals surface area contributed by atoms with E-state index in [0.717, 1.165) is 10.4 Å². The molecule has 1 aromatic heterocycles. The number of aromatic amines is 1. The molecule has 0 saturated carbocycles. The molecule has 3 aromatic rings. The molecule has 0 aliphatic heterocycles. The van der Waals surface area contributed by atoms with Gasteiger partial charge in [-0.25, -0.2) is 22.1 Å². The molecule has 0 amide bonds. The van der Waals surface area contributed by atoms with Crippen LogP contribution in [-0.2, 0) is 10.0 Å². The van der Waals surface area contributed by atoms with Crippen molar-refractivity contribution >= 4 is 27.3 Å². The van der Waals surface area contributed by atoms with Crippen molar-refractivity contribution in [1.82, 2.24) is 14.3 Å². The molecule has 154 valence electrons. The molecular weight excluding hydrogens is 401 g/mol. The number of benzene rings is 2. The Labute approximate surface area is 167 Å². The molecule has 0 radical (unpaired) electrons. The average Bonchev–Trinajstić information content (AvgIpc) is 3.11. The summed E-state index contributed by atoms with van der Waals surface area (Å²) in [5, 5.41) is 0. The summed E-state index contributed by atoms with van der Waals surface area (Å²) in [5.41, 5.74) is 0.940. The molecule has 0 saturated heterocycles. The number of ether oxygens (including phenoxy) is 2. The van der Waals surface area contributed by atoms with Crippen LogP contribution < -0.4 is 9.47 Å². The molecule has 2 aromatic carbocycles. The number of hydrogen-bond acceptors (Lipinski definition) is 6. The molecule has 0 spiro atoms. The van der Waals surface area contributed by atoms with Crippen LogP contribution in [0.15, 0.2) is 35.2 Å². The largest absolute Gasteiger partial charge is 0.493 e. The fourth-order valence-corrected chi connectivity index (χ4v) is 3.63. The Kier molecular flexibility index (Phi) is 5.58. The summed E-state index contributed by atoms with van der Waals surface area (Å²) < 4.78 is 50.6. The van der Waals surface area contributed by atoms with Gasteiger partial charge in [-0.2, -0.15) is 0 Å². The molecule has 1 unspecified atom stereocenters. The second-order valence-corrected chi connectivity index (χ2v) is 8.64. The lowest BCUT2D eigenvalue weighted by molar-refractivity contribution is 0.111. The van der Waals surface area contributed by atoms with Gasteiger partial charge in [0, 0.05) is 20.2 Å². The second kappa shape index (κ2) is 7.80. The van der Waals surface area contributed by atoms with Gasteiger partial charge in [0.25, 0.3) is 0 Å². The number of hydrogen-bond donors (Lipinski definition) is 1. The zero-order chi connectivity index (χ0) is 21.3. The first-order valence-corrected chi connectivity index (χ1v) is 10.0. The first-order chi connectivity index (χ1) is 13.7. The van der Waals surface area contributed by atoms with Crippen LogP contribution in [0.2, 0.25) is 0 Å². The monoisotopic (exact) mass is 421 g/mol. The zero-order valence-electron chi connectivity index (χ0n) is 16.3. The third kappa shape index (κ3) is 3.94. The maximum absolute atomic E-state index is 14.0. The number of halogens is 1. The predicted octanol–water partition coefficient (Wildman–Crippen LogP) is 2.91. The van der Waals surface area contributed by atoms with Gasteiger partial charge in [-0.05, 0) is 31.2 Å². The van der Waals surface area contributed by atoms with Crippen LogP contribution in [0.4, 0.5) is 4.39 Å². The van der Waals surface area contributed by atoms with E-state index in [-0.39, 0.29) is 22.0 Å². The highest BCUT2D eigenvalue weighted by molar-refractivity contribution is 7.89. The Bertz CT molecular complexity index is 1170. The van der Waals surface area contributed by atoms with Crippen LogP contribution in [0, 0.1) is 5.82 Å². The summed E-state index contributed by atoms with van der Waals surface area (Å²) in [6.07, 6.45) is -0.240. The van der Waals surface area contributed by atoms with E-state index >= 15 is 0 Å². The molecule has 1 atom stereocenters. The van der Waals surface area contributed by atoms with Crippen LogP contribution in [0.1, 0.15) is 29.2 Å². The predicted molar refractivity (Wildman–Crippen MR) is 104 cm³/mol. The van der Waals surface area contributed by atoms with Gasteiger partial charge >= 0.3 is 0 Å². The lowest BCUT2D eigenvalue weighted by Gasteiger charge is -2.15. The summed E-state index contributed by atoms with van der Waals surface area (Å²) in [7, 11) is 0.700. The number of sulfonamides is 1. The van der Waals surface area contributed by atoms with Gasteiger partial charge in [-0.1, -0.05) is 0 Å². The molecule has 10 heteroatoms. The van der Waals surface area contributed by atoms with Gasteiger partial charge in [0.1, 0.15) is 11.6 Å². The van der Waals surface area contributed by atoms with Gasteiger partial charge in [-0.3, -0.25) is 4.79 Å². The number of carbonyl (C=O) groups is 1. The van der Waals surface area contributed by atoms with Gasteiger partial charge < -0.3 is 14.5 Å². The van der Waals surface area contributed by atoms with Crippen LogP contribution in [0.5, 0.6) is 11.5 Å². The number of rotatable bonds is 7. The Hall–Kier alpha value is -2.98. The van der Waals surface area contributed by atoms with Crippen molar-refractivity contribution in [2.45, 2.75) is 17.9 Å². The fraction of sp³-hybridized carbons (Fsp3) is 0.263. The Balaban J connectivity index is 1.93. The van der Waals surface area contributed by atoms with E-state index in [1.165, 1.54) is 39.4 Å². The Morgan fingerprint density at radius 2 is 1.93 bits per heavy atom. The summed E-state index contributed by atoms with van der Waals surface area (Å²) in [4.78, 5) is 18.5. The molecule has 1 heterocycles. The lowest BCUT2D eigenvalue weighted by Crippen LogP contribution is -2.22. The molecule has 29 heavy (non-hydrogen) atoms. The molecule has 0 fully saturated rings. The minimum atomic E-state index is -3.59. The quantitative estimate of drug-likeness (QED) is 0.589. The molecule has 0 aliphatic rings. The van der Waals surface area contributed by atoms with Crippen molar-refractivity contribution in [2.75, 3.05) is 21.2 Å². The van der Waals surface area contributed by atoms with Crippen molar-refractivity contribution < 1.29 is 27.1 Å². The van der Waals surface area contributed by atoms with Crippen LogP contribution in [-0.4, -0.2) is 50.2 Å². The normalized spacial score (nSPS) is 12.9. The molecular formula is C19H20FN3O5S. The van der Waals surface area contributed by atoms with Crippen LogP contribution >= 0.6 is 0 Å². The number of methoxy groups -OCH3 is 1. The van der Waals surface area contributed by atoms with Crippen molar-refractivity contribution in [2.24, 2.45) is 0 Å². The minimum Gasteiger partial charge on any atom is -0.493 e. The van der Waals surface area contributed by atoms with Gasteiger partial charge in [0.2, 0.25) is 10.0 Å². The Morgan fingerprint density at radius 1 is 1.21 bits per heavy atom. The third-order valence-electron chi connectivity index (χ3n) is 4.35. The average molecular weight is 421 g/mol. The fourth-order valence-electron chi connectivity index (χ4n) is 2.71. The molecule has 8 nitrogen and oxygen atoms in total. The number of H-pyrrole nitrogens is 1. The summed E-state index contributed by atoms with van der Waals surface area (Å²) in [6, 6.07) is 6.90. The number of imidazole rings is 1. The highest BCUT2D eigenvalue weighted by Crippen LogP contribution is 2.33. The standard InChI is InChI=1S/C19H20FN3O5S/c1-11(28-18-9-14(20)12(10-24)7-17(18)27-4)19-21-15-6-5-13(8-16(15)22-19)29(25,26)23(2)3/h5-11H,1-4H3,(H,21,22). The van der Waals surface area contributed by atoms with Crippen molar-refractivity contribution in [3.8, 4) is 11.5 Å². The smallest absolute Gasteiger partial charge is 0.242 e. The van der Waals surface area contributed by atoms with Crippen molar-refractivity contribution in [1.29, 1.82) is 0 Å². The topological polar surface area (TPSA) is 102 Å². The van der Waals surface area contributed by atoms with Gasteiger partial charge in [-0.15, -0.1) is 0 Å². The number of aldehydes is 1. The van der Waals surface area contributed by atoms with E-state index in [0.29, 0.717) is 23.1 Å². The minimum absolute atomic E-state index is 0.111. The SMILES string of the molecule is COc1cc(C=O)c(F)cc1OC(C)c1nc2cc(S(=O)(=O)N(C)C)ccc2[nH]1. The summed E-state index contributed by atoms with van der Waals surface area (Å²) >= 11 is 0. The highest BCUT2D eigenvalue weighted by atomic mass is 32.2. The summed E-state index contributed by atoms with van der Waals surface area (Å²) in [5.74, 6) is 0.00252. The molecule has 3 rings (SSSR count). The van der Waals surface area contributed by atoms with Crippen LogP contribution in [0.3, 0.4) is 0 Å². The number of aromatic nitrogens is 2. The molecule has 1 N–H and O–H groups in total. The first kappa shape index (κ1) is 20.7. The van der Waals surface area contributed by atoms with E-state index in [9.17, 15) is 17.6 Å². The molecule has 0 aliphatic carbocycles. The van der Waals surface area contributed by atoms with Crippen molar-refractivity contribution in [3.63, 3.8) is 0 Å². The van der Waals surface area contributed by atoms with E-state index in [2.05, 4.69) is 9.97 Å². The third-order valence-corrected chi connectivity index (χ3v) is 6.16. The number of nitrogens with one attached hydrogen (secondary N) is 1. The number of nitrogens with zero attached hydrogens (tertiary/aromatic N) is 2. The van der Waals surface area contributed by atoms with Gasteiger partial charge in [0.15, 0.2) is 23.9 Å². The van der Waals surface area contributed by atoms with Gasteiger partial charge in [0.05, 0.1) is 28.6 Å². The number of carbonyl (C=O) groups excluding carboxylic acids is 1. The van der Waals surface area contributed by atoms with E-state index in [1.54, 1.807) is 13.0 Å². The highest BCUT2D eigenvalue weighted by Gasteiger charge is 2.20. The maximum Gasteiger partial charge on any atom is 0.242 e. The number of fused-ring (bicyclic) bond motifs is 1. The van der Waals surface area contributed by atoms with E-state index < -0.39 is 21.9 Å². The maximum atomic E-state index is 14.0. The van der Waals surface area contributed by atoms with E-state index in [4.69, 9.17) is 9.47 Å². The Morgan fingerprint density at radius 3 is 2.55 bits per heavy atom. The van der Waals surface area contributed by atoms with E-state index in [1.807, 2.05) is 0 Å².